The quantitative estimate of drug-likeness (QED) is 0.775. The Hall–Kier alpha value is -1.35. The second kappa shape index (κ2) is 5.12. The van der Waals surface area contributed by atoms with Crippen LogP contribution < -0.4 is 0 Å². The summed E-state index contributed by atoms with van der Waals surface area (Å²) in [6.45, 7) is 3.97. The Balaban J connectivity index is 1.87. The lowest BCUT2D eigenvalue weighted by atomic mass is 10.0. The van der Waals surface area contributed by atoms with Gasteiger partial charge in [-0.3, -0.25) is 4.79 Å². The summed E-state index contributed by atoms with van der Waals surface area (Å²) in [6, 6.07) is 8.21. The number of ether oxygens (including phenoxy) is 1. The van der Waals surface area contributed by atoms with E-state index in [1.54, 1.807) is 4.90 Å². The summed E-state index contributed by atoms with van der Waals surface area (Å²) >= 11 is 0. The van der Waals surface area contributed by atoms with Gasteiger partial charge < -0.3 is 9.64 Å². The van der Waals surface area contributed by atoms with Gasteiger partial charge in [-0.05, 0) is 24.5 Å². The molecule has 2 rings (SSSR count). The van der Waals surface area contributed by atoms with Crippen LogP contribution in [-0.4, -0.2) is 30.7 Å². The summed E-state index contributed by atoms with van der Waals surface area (Å²) in [5, 5.41) is 0. The number of aryl methyl sites for hydroxylation is 2. The fourth-order valence-corrected chi connectivity index (χ4v) is 1.90. The number of nitrogens with zero attached hydrogens (tertiary/aromatic N) is 1. The van der Waals surface area contributed by atoms with Crippen molar-refractivity contribution in [1.82, 2.24) is 4.90 Å². The Morgan fingerprint density at radius 3 is 2.94 bits per heavy atom. The maximum Gasteiger partial charge on any atom is 0.224 e. The monoisotopic (exact) mass is 219 g/mol. The van der Waals surface area contributed by atoms with Crippen LogP contribution in [0.15, 0.2) is 24.3 Å². The van der Waals surface area contributed by atoms with Crippen LogP contribution in [0.25, 0.3) is 0 Å². The number of carbonyl (C=O) groups excluding carboxylic acids is 1. The zero-order valence-electron chi connectivity index (χ0n) is 9.61. The molecule has 1 heterocycles. The van der Waals surface area contributed by atoms with Crippen LogP contribution in [0.4, 0.5) is 0 Å². The molecule has 0 spiro atoms. The molecule has 0 N–H and O–H groups in total. The number of amides is 1. The third-order valence-electron chi connectivity index (χ3n) is 2.97. The van der Waals surface area contributed by atoms with Crippen molar-refractivity contribution in [2.24, 2.45) is 0 Å². The Labute approximate surface area is 96.0 Å². The minimum atomic E-state index is 0.195. The fourth-order valence-electron chi connectivity index (χ4n) is 1.90. The second-order valence-electron chi connectivity index (χ2n) is 4.12. The molecule has 1 aromatic rings. The Morgan fingerprint density at radius 1 is 1.44 bits per heavy atom. The van der Waals surface area contributed by atoms with Gasteiger partial charge in [-0.15, -0.1) is 0 Å². The van der Waals surface area contributed by atoms with Crippen molar-refractivity contribution in [1.29, 1.82) is 0 Å². The summed E-state index contributed by atoms with van der Waals surface area (Å²) in [5.41, 5.74) is 2.52. The molecule has 0 atom stereocenters. The molecule has 0 radical (unpaired) electrons. The van der Waals surface area contributed by atoms with E-state index in [9.17, 15) is 4.79 Å². The second-order valence-corrected chi connectivity index (χ2v) is 4.12. The molecule has 16 heavy (non-hydrogen) atoms. The van der Waals surface area contributed by atoms with Gasteiger partial charge in [0.1, 0.15) is 6.73 Å². The SMILES string of the molecule is Cc1ccccc1CCC(=O)N1CCOC1. The standard InChI is InChI=1S/C13H17NO2/c1-11-4-2-3-5-12(11)6-7-13(15)14-8-9-16-10-14/h2-5H,6-10H2,1H3. The van der Waals surface area contributed by atoms with Crippen molar-refractivity contribution in [2.75, 3.05) is 19.9 Å². The van der Waals surface area contributed by atoms with E-state index in [1.807, 2.05) is 12.1 Å². The van der Waals surface area contributed by atoms with Gasteiger partial charge >= 0.3 is 0 Å². The average molecular weight is 219 g/mol. The van der Waals surface area contributed by atoms with E-state index < -0.39 is 0 Å². The first kappa shape index (κ1) is 11.1. The topological polar surface area (TPSA) is 29.5 Å². The summed E-state index contributed by atoms with van der Waals surface area (Å²) in [7, 11) is 0. The number of hydrogen-bond acceptors (Lipinski definition) is 2. The number of rotatable bonds is 3. The van der Waals surface area contributed by atoms with Crippen molar-refractivity contribution in [3.63, 3.8) is 0 Å². The van der Waals surface area contributed by atoms with Crippen LogP contribution in [0.1, 0.15) is 17.5 Å². The molecule has 0 saturated carbocycles. The fraction of sp³-hybridized carbons (Fsp3) is 0.462. The number of hydrogen-bond donors (Lipinski definition) is 0. The lowest BCUT2D eigenvalue weighted by Gasteiger charge is -2.13. The van der Waals surface area contributed by atoms with Gasteiger partial charge in [0.25, 0.3) is 0 Å². The highest BCUT2D eigenvalue weighted by atomic mass is 16.5. The molecule has 1 aromatic carbocycles. The van der Waals surface area contributed by atoms with E-state index >= 15 is 0 Å². The zero-order chi connectivity index (χ0) is 11.4. The maximum absolute atomic E-state index is 11.8. The van der Waals surface area contributed by atoms with Crippen molar-refractivity contribution in [3.05, 3.63) is 35.4 Å². The molecule has 86 valence electrons. The summed E-state index contributed by atoms with van der Waals surface area (Å²) in [5.74, 6) is 0.195. The van der Waals surface area contributed by atoms with Crippen LogP contribution in [0, 0.1) is 6.92 Å². The largest absolute Gasteiger partial charge is 0.359 e. The normalized spacial score (nSPS) is 15.4. The van der Waals surface area contributed by atoms with Crippen molar-refractivity contribution in [3.8, 4) is 0 Å². The van der Waals surface area contributed by atoms with Crippen molar-refractivity contribution < 1.29 is 9.53 Å². The molecule has 0 bridgehead atoms. The Kier molecular flexibility index (Phi) is 3.57. The summed E-state index contributed by atoms with van der Waals surface area (Å²) < 4.78 is 5.16. The van der Waals surface area contributed by atoms with Crippen LogP contribution in [-0.2, 0) is 16.0 Å². The highest BCUT2D eigenvalue weighted by molar-refractivity contribution is 5.76. The van der Waals surface area contributed by atoms with E-state index in [2.05, 4.69) is 19.1 Å². The lowest BCUT2D eigenvalue weighted by molar-refractivity contribution is -0.131. The first-order chi connectivity index (χ1) is 7.77. The predicted octanol–water partition coefficient (Wildman–Crippen LogP) is 1.74. The van der Waals surface area contributed by atoms with Crippen LogP contribution >= 0.6 is 0 Å². The van der Waals surface area contributed by atoms with Gasteiger partial charge in [-0.25, -0.2) is 0 Å². The number of carbonyl (C=O) groups is 1. The average Bonchev–Trinajstić information content (AvgIpc) is 2.81. The zero-order valence-corrected chi connectivity index (χ0v) is 9.61. The number of benzene rings is 1. The van der Waals surface area contributed by atoms with E-state index in [1.165, 1.54) is 11.1 Å². The van der Waals surface area contributed by atoms with Crippen LogP contribution in [0.5, 0.6) is 0 Å². The molecular formula is C13H17NO2. The van der Waals surface area contributed by atoms with Crippen molar-refractivity contribution in [2.45, 2.75) is 19.8 Å². The Bertz CT molecular complexity index is 370. The van der Waals surface area contributed by atoms with Gasteiger partial charge in [0.2, 0.25) is 5.91 Å². The molecule has 1 aliphatic rings. The molecule has 3 heteroatoms. The van der Waals surface area contributed by atoms with E-state index in [-0.39, 0.29) is 5.91 Å². The third kappa shape index (κ3) is 2.61. The smallest absolute Gasteiger partial charge is 0.224 e. The lowest BCUT2D eigenvalue weighted by Crippen LogP contribution is -2.28. The van der Waals surface area contributed by atoms with Crippen LogP contribution in [0.2, 0.25) is 0 Å². The van der Waals surface area contributed by atoms with Gasteiger partial charge in [0.15, 0.2) is 0 Å². The van der Waals surface area contributed by atoms with Gasteiger partial charge in [0, 0.05) is 13.0 Å². The van der Waals surface area contributed by atoms with Crippen molar-refractivity contribution >= 4 is 5.91 Å². The molecule has 0 unspecified atom stereocenters. The predicted molar refractivity (Wildman–Crippen MR) is 62.0 cm³/mol. The third-order valence-corrected chi connectivity index (χ3v) is 2.97. The van der Waals surface area contributed by atoms with Gasteiger partial charge in [0.05, 0.1) is 6.61 Å². The minimum absolute atomic E-state index is 0.195. The van der Waals surface area contributed by atoms with E-state index in [0.717, 1.165) is 13.0 Å². The summed E-state index contributed by atoms with van der Waals surface area (Å²) in [4.78, 5) is 13.6. The minimum Gasteiger partial charge on any atom is -0.359 e. The molecule has 1 fully saturated rings. The first-order valence-electron chi connectivity index (χ1n) is 5.67. The highest BCUT2D eigenvalue weighted by Crippen LogP contribution is 2.11. The summed E-state index contributed by atoms with van der Waals surface area (Å²) in [6.07, 6.45) is 1.40. The van der Waals surface area contributed by atoms with E-state index in [4.69, 9.17) is 4.74 Å². The molecule has 3 nitrogen and oxygen atoms in total. The van der Waals surface area contributed by atoms with Gasteiger partial charge in [-0.2, -0.15) is 0 Å². The van der Waals surface area contributed by atoms with E-state index in [0.29, 0.717) is 19.8 Å². The first-order valence-corrected chi connectivity index (χ1v) is 5.67. The highest BCUT2D eigenvalue weighted by Gasteiger charge is 2.17. The molecule has 1 saturated heterocycles. The maximum atomic E-state index is 11.8. The molecule has 1 amide bonds. The van der Waals surface area contributed by atoms with Crippen LogP contribution in [0.3, 0.4) is 0 Å². The molecule has 1 aliphatic heterocycles. The Morgan fingerprint density at radius 2 is 2.25 bits per heavy atom. The molecular weight excluding hydrogens is 202 g/mol. The molecule has 0 aromatic heterocycles. The van der Waals surface area contributed by atoms with Gasteiger partial charge in [-0.1, -0.05) is 24.3 Å². The molecule has 0 aliphatic carbocycles.